The number of amides is 1. The molecule has 2 N–H and O–H groups in total. The molecule has 1 rings (SSSR count). The van der Waals surface area contributed by atoms with E-state index >= 15 is 0 Å². The van der Waals surface area contributed by atoms with Gasteiger partial charge in [0.2, 0.25) is 5.91 Å². The predicted octanol–water partition coefficient (Wildman–Crippen LogP) is 1.30. The standard InChI is InChI=1S/C14H29N3O/c1-10-9-11(7-8-16(10)5)17(6)13(18)12(15)14(2,3)4/h10-12H,7-9,15H2,1-6H3/t10-,11+,12+/m0/s1. The summed E-state index contributed by atoms with van der Waals surface area (Å²) in [4.78, 5) is 16.6. The minimum absolute atomic E-state index is 0.0734. The molecule has 0 radical (unpaired) electrons. The second kappa shape index (κ2) is 5.57. The average molecular weight is 255 g/mol. The topological polar surface area (TPSA) is 49.6 Å². The largest absolute Gasteiger partial charge is 0.341 e. The van der Waals surface area contributed by atoms with Crippen LogP contribution in [-0.4, -0.2) is 54.5 Å². The number of hydrogen-bond donors (Lipinski definition) is 1. The lowest BCUT2D eigenvalue weighted by Crippen LogP contribution is -2.55. The van der Waals surface area contributed by atoms with Gasteiger partial charge in [0.25, 0.3) is 0 Å². The van der Waals surface area contributed by atoms with E-state index in [9.17, 15) is 4.79 Å². The van der Waals surface area contributed by atoms with Gasteiger partial charge in [0, 0.05) is 25.7 Å². The minimum atomic E-state index is -0.419. The molecule has 1 saturated heterocycles. The number of nitrogens with zero attached hydrogens (tertiary/aromatic N) is 2. The van der Waals surface area contributed by atoms with Gasteiger partial charge in [-0.15, -0.1) is 0 Å². The Morgan fingerprint density at radius 3 is 2.44 bits per heavy atom. The molecule has 4 heteroatoms. The molecule has 18 heavy (non-hydrogen) atoms. The Hall–Kier alpha value is -0.610. The Balaban J connectivity index is 2.65. The van der Waals surface area contributed by atoms with Gasteiger partial charge in [-0.3, -0.25) is 4.79 Å². The lowest BCUT2D eigenvalue weighted by atomic mass is 9.86. The molecule has 0 spiro atoms. The van der Waals surface area contributed by atoms with E-state index in [1.165, 1.54) is 0 Å². The molecule has 1 heterocycles. The van der Waals surface area contributed by atoms with Crippen molar-refractivity contribution in [3.05, 3.63) is 0 Å². The van der Waals surface area contributed by atoms with Crippen LogP contribution in [0.15, 0.2) is 0 Å². The summed E-state index contributed by atoms with van der Waals surface area (Å²) in [7, 11) is 4.04. The Labute approximate surface area is 111 Å². The third kappa shape index (κ3) is 3.45. The fourth-order valence-corrected chi connectivity index (χ4v) is 2.39. The summed E-state index contributed by atoms with van der Waals surface area (Å²) in [5.41, 5.74) is 5.88. The molecule has 0 aromatic carbocycles. The van der Waals surface area contributed by atoms with Crippen molar-refractivity contribution in [1.29, 1.82) is 0 Å². The number of nitrogens with two attached hydrogens (primary N) is 1. The number of likely N-dealkylation sites (tertiary alicyclic amines) is 1. The summed E-state index contributed by atoms with van der Waals surface area (Å²) in [5.74, 6) is 0.0734. The van der Waals surface area contributed by atoms with Crippen LogP contribution in [0.3, 0.4) is 0 Å². The summed E-state index contributed by atoms with van der Waals surface area (Å²) in [6, 6.07) is 0.444. The number of likely N-dealkylation sites (N-methyl/N-ethyl adjacent to an activating group) is 1. The summed E-state index contributed by atoms with van der Waals surface area (Å²) in [5, 5.41) is 0. The molecule has 1 aliphatic rings. The zero-order chi connectivity index (χ0) is 14.1. The van der Waals surface area contributed by atoms with Crippen LogP contribution >= 0.6 is 0 Å². The van der Waals surface area contributed by atoms with Crippen molar-refractivity contribution in [3.8, 4) is 0 Å². The van der Waals surface area contributed by atoms with Gasteiger partial charge >= 0.3 is 0 Å². The number of carbonyl (C=O) groups excluding carboxylic acids is 1. The Morgan fingerprint density at radius 1 is 1.44 bits per heavy atom. The highest BCUT2D eigenvalue weighted by molar-refractivity contribution is 5.82. The first-order valence-electron chi connectivity index (χ1n) is 6.87. The van der Waals surface area contributed by atoms with Crippen molar-refractivity contribution in [2.75, 3.05) is 20.6 Å². The third-order valence-corrected chi connectivity index (χ3v) is 4.28. The molecule has 0 bridgehead atoms. The molecule has 0 aromatic heterocycles. The van der Waals surface area contributed by atoms with Gasteiger partial charge in [-0.25, -0.2) is 0 Å². The monoisotopic (exact) mass is 255 g/mol. The zero-order valence-electron chi connectivity index (χ0n) is 12.7. The first-order valence-corrected chi connectivity index (χ1v) is 6.87. The van der Waals surface area contributed by atoms with Crippen LogP contribution in [0, 0.1) is 5.41 Å². The Bertz CT molecular complexity index is 298. The molecule has 1 aliphatic heterocycles. The molecule has 4 nitrogen and oxygen atoms in total. The first kappa shape index (κ1) is 15.4. The molecule has 106 valence electrons. The van der Waals surface area contributed by atoms with E-state index < -0.39 is 6.04 Å². The molecule has 0 aliphatic carbocycles. The van der Waals surface area contributed by atoms with Crippen molar-refractivity contribution in [2.45, 2.75) is 58.7 Å². The maximum absolute atomic E-state index is 12.4. The molecular formula is C14H29N3O. The minimum Gasteiger partial charge on any atom is -0.341 e. The molecule has 0 unspecified atom stereocenters. The van der Waals surface area contributed by atoms with Gasteiger partial charge < -0.3 is 15.5 Å². The van der Waals surface area contributed by atoms with Crippen LogP contribution in [0.2, 0.25) is 0 Å². The zero-order valence-corrected chi connectivity index (χ0v) is 12.7. The Kier molecular flexibility index (Phi) is 4.78. The number of rotatable bonds is 2. The van der Waals surface area contributed by atoms with E-state index in [0.29, 0.717) is 12.1 Å². The van der Waals surface area contributed by atoms with Gasteiger partial charge in [-0.2, -0.15) is 0 Å². The number of piperidine rings is 1. The molecule has 1 amide bonds. The average Bonchev–Trinajstić information content (AvgIpc) is 2.28. The highest BCUT2D eigenvalue weighted by Crippen LogP contribution is 2.23. The molecule has 0 aromatic rings. The van der Waals surface area contributed by atoms with Gasteiger partial charge in [0.1, 0.15) is 0 Å². The van der Waals surface area contributed by atoms with Crippen molar-refractivity contribution >= 4 is 5.91 Å². The van der Waals surface area contributed by atoms with Crippen LogP contribution < -0.4 is 5.73 Å². The van der Waals surface area contributed by atoms with E-state index in [1.54, 1.807) is 0 Å². The maximum atomic E-state index is 12.4. The van der Waals surface area contributed by atoms with Crippen molar-refractivity contribution in [1.82, 2.24) is 9.80 Å². The predicted molar refractivity (Wildman–Crippen MR) is 75.3 cm³/mol. The van der Waals surface area contributed by atoms with E-state index in [2.05, 4.69) is 18.9 Å². The van der Waals surface area contributed by atoms with E-state index in [4.69, 9.17) is 5.73 Å². The second-order valence-electron chi connectivity index (χ2n) is 6.80. The maximum Gasteiger partial charge on any atom is 0.240 e. The third-order valence-electron chi connectivity index (χ3n) is 4.28. The van der Waals surface area contributed by atoms with E-state index in [0.717, 1.165) is 19.4 Å². The fourth-order valence-electron chi connectivity index (χ4n) is 2.39. The van der Waals surface area contributed by atoms with Gasteiger partial charge in [0.05, 0.1) is 6.04 Å². The smallest absolute Gasteiger partial charge is 0.240 e. The summed E-state index contributed by atoms with van der Waals surface area (Å²) < 4.78 is 0. The van der Waals surface area contributed by atoms with Crippen LogP contribution in [0.25, 0.3) is 0 Å². The fraction of sp³-hybridized carbons (Fsp3) is 0.929. The van der Waals surface area contributed by atoms with Gasteiger partial charge in [-0.1, -0.05) is 20.8 Å². The van der Waals surface area contributed by atoms with Crippen molar-refractivity contribution < 1.29 is 4.79 Å². The number of hydrogen-bond acceptors (Lipinski definition) is 3. The Morgan fingerprint density at radius 2 is 2.00 bits per heavy atom. The highest BCUT2D eigenvalue weighted by atomic mass is 16.2. The highest BCUT2D eigenvalue weighted by Gasteiger charge is 2.34. The molecular weight excluding hydrogens is 226 g/mol. The first-order chi connectivity index (χ1) is 8.14. The number of carbonyl (C=O) groups is 1. The molecule has 3 atom stereocenters. The van der Waals surface area contributed by atoms with Crippen LogP contribution in [-0.2, 0) is 4.79 Å². The van der Waals surface area contributed by atoms with Gasteiger partial charge in [0.15, 0.2) is 0 Å². The quantitative estimate of drug-likeness (QED) is 0.809. The lowest BCUT2D eigenvalue weighted by Gasteiger charge is -2.41. The van der Waals surface area contributed by atoms with Crippen LogP contribution in [0.5, 0.6) is 0 Å². The lowest BCUT2D eigenvalue weighted by molar-refractivity contribution is -0.136. The molecule has 0 saturated carbocycles. The van der Waals surface area contributed by atoms with Gasteiger partial charge in [-0.05, 0) is 32.2 Å². The SMILES string of the molecule is C[C@H]1C[C@H](N(C)C(=O)[C@@H](N)C(C)(C)C)CCN1C. The van der Waals surface area contributed by atoms with Crippen molar-refractivity contribution in [3.63, 3.8) is 0 Å². The normalized spacial score (nSPS) is 27.9. The molecule has 1 fully saturated rings. The van der Waals surface area contributed by atoms with Crippen LogP contribution in [0.1, 0.15) is 40.5 Å². The second-order valence-corrected chi connectivity index (χ2v) is 6.80. The summed E-state index contributed by atoms with van der Waals surface area (Å²) in [6.07, 6.45) is 2.08. The van der Waals surface area contributed by atoms with E-state index in [1.807, 2.05) is 32.7 Å². The van der Waals surface area contributed by atoms with Crippen LogP contribution in [0.4, 0.5) is 0 Å². The van der Waals surface area contributed by atoms with E-state index in [-0.39, 0.29) is 11.3 Å². The van der Waals surface area contributed by atoms with Crippen molar-refractivity contribution in [2.24, 2.45) is 11.1 Å². The summed E-state index contributed by atoms with van der Waals surface area (Å²) in [6.45, 7) is 9.31. The summed E-state index contributed by atoms with van der Waals surface area (Å²) >= 11 is 0.